The number of morpholine rings is 1. The fourth-order valence-electron chi connectivity index (χ4n) is 2.58. The molecule has 1 saturated heterocycles. The maximum atomic E-state index is 5.93. The molecule has 0 N–H and O–H groups in total. The molecule has 1 heterocycles. The predicted molar refractivity (Wildman–Crippen MR) is 53.8 cm³/mol. The van der Waals surface area contributed by atoms with Gasteiger partial charge >= 0.3 is 0 Å². The van der Waals surface area contributed by atoms with Crippen LogP contribution in [0.1, 0.15) is 25.7 Å². The van der Waals surface area contributed by atoms with E-state index in [4.69, 9.17) is 4.74 Å². The summed E-state index contributed by atoms with van der Waals surface area (Å²) in [5.74, 6) is 0. The average molecular weight is 181 g/mol. The van der Waals surface area contributed by atoms with Crippen LogP contribution in [-0.4, -0.2) is 36.7 Å². The van der Waals surface area contributed by atoms with Gasteiger partial charge in [0.15, 0.2) is 0 Å². The smallest absolute Gasteiger partial charge is 0.0809 e. The highest BCUT2D eigenvalue weighted by Gasteiger charge is 2.38. The van der Waals surface area contributed by atoms with E-state index in [0.29, 0.717) is 0 Å². The number of rotatable bonds is 2. The zero-order valence-corrected chi connectivity index (χ0v) is 8.30. The molecule has 0 radical (unpaired) electrons. The minimum Gasteiger partial charge on any atom is -0.372 e. The maximum Gasteiger partial charge on any atom is 0.0809 e. The van der Waals surface area contributed by atoms with Crippen LogP contribution >= 0.6 is 0 Å². The highest BCUT2D eigenvalue weighted by molar-refractivity contribution is 4.93. The van der Waals surface area contributed by atoms with Crippen LogP contribution in [0.5, 0.6) is 0 Å². The van der Waals surface area contributed by atoms with Gasteiger partial charge in [-0.3, -0.25) is 4.90 Å². The number of nitrogens with zero attached hydrogens (tertiary/aromatic N) is 1. The van der Waals surface area contributed by atoms with Crippen molar-refractivity contribution in [2.45, 2.75) is 31.3 Å². The third-order valence-corrected chi connectivity index (χ3v) is 3.23. The molecule has 0 bridgehead atoms. The van der Waals surface area contributed by atoms with Crippen LogP contribution in [0, 0.1) is 0 Å². The molecule has 2 nitrogen and oxygen atoms in total. The first-order valence-corrected chi connectivity index (χ1v) is 5.32. The fraction of sp³-hybridized carbons (Fsp3) is 0.818. The minimum absolute atomic E-state index is 0.223. The lowest BCUT2D eigenvalue weighted by atomic mass is 10.00. The van der Waals surface area contributed by atoms with Gasteiger partial charge in [0.2, 0.25) is 0 Å². The van der Waals surface area contributed by atoms with Crippen molar-refractivity contribution >= 4 is 0 Å². The van der Waals surface area contributed by atoms with Crippen molar-refractivity contribution in [1.82, 2.24) is 4.90 Å². The zero-order chi connectivity index (χ0) is 9.15. The topological polar surface area (TPSA) is 12.5 Å². The van der Waals surface area contributed by atoms with E-state index in [9.17, 15) is 0 Å². The minimum atomic E-state index is 0.223. The van der Waals surface area contributed by atoms with Crippen molar-refractivity contribution in [2.24, 2.45) is 0 Å². The Hall–Kier alpha value is -0.340. The van der Waals surface area contributed by atoms with Gasteiger partial charge < -0.3 is 4.74 Å². The number of hydrogen-bond acceptors (Lipinski definition) is 2. The van der Waals surface area contributed by atoms with E-state index in [1.54, 1.807) is 0 Å². The third-order valence-electron chi connectivity index (χ3n) is 3.23. The molecule has 2 fully saturated rings. The van der Waals surface area contributed by atoms with Gasteiger partial charge in [0.25, 0.3) is 0 Å². The Morgan fingerprint density at radius 3 is 2.85 bits per heavy atom. The van der Waals surface area contributed by atoms with E-state index in [1.807, 2.05) is 6.08 Å². The van der Waals surface area contributed by atoms with Gasteiger partial charge in [-0.2, -0.15) is 0 Å². The lowest BCUT2D eigenvalue weighted by molar-refractivity contribution is -0.102. The van der Waals surface area contributed by atoms with E-state index in [0.717, 1.165) is 26.2 Å². The Morgan fingerprint density at radius 2 is 2.15 bits per heavy atom. The summed E-state index contributed by atoms with van der Waals surface area (Å²) in [4.78, 5) is 2.46. The normalized spacial score (nSPS) is 28.0. The average Bonchev–Trinajstić information content (AvgIpc) is 2.54. The molecule has 1 saturated carbocycles. The SMILES string of the molecule is C=CCN1CCOC2(CCCC2)C1. The molecule has 13 heavy (non-hydrogen) atoms. The summed E-state index contributed by atoms with van der Waals surface area (Å²) in [5.41, 5.74) is 0.223. The molecule has 2 rings (SSSR count). The van der Waals surface area contributed by atoms with E-state index in [2.05, 4.69) is 11.5 Å². The van der Waals surface area contributed by atoms with Gasteiger partial charge in [-0.1, -0.05) is 18.9 Å². The Morgan fingerprint density at radius 1 is 1.38 bits per heavy atom. The van der Waals surface area contributed by atoms with Crippen LogP contribution in [0.25, 0.3) is 0 Å². The molecular formula is C11H19NO. The summed E-state index contributed by atoms with van der Waals surface area (Å²) in [6.45, 7) is 7.92. The second kappa shape index (κ2) is 3.81. The van der Waals surface area contributed by atoms with Crippen molar-refractivity contribution in [3.05, 3.63) is 12.7 Å². The first kappa shape index (κ1) is 9.22. The summed E-state index contributed by atoms with van der Waals surface area (Å²) in [6, 6.07) is 0. The number of hydrogen-bond donors (Lipinski definition) is 0. The zero-order valence-electron chi connectivity index (χ0n) is 8.30. The summed E-state index contributed by atoms with van der Waals surface area (Å²) in [6.07, 6.45) is 7.22. The van der Waals surface area contributed by atoms with Crippen molar-refractivity contribution in [3.8, 4) is 0 Å². The first-order valence-electron chi connectivity index (χ1n) is 5.32. The van der Waals surface area contributed by atoms with Gasteiger partial charge in [0.1, 0.15) is 0 Å². The largest absolute Gasteiger partial charge is 0.372 e. The predicted octanol–water partition coefficient (Wildman–Crippen LogP) is 1.82. The highest BCUT2D eigenvalue weighted by Crippen LogP contribution is 2.35. The van der Waals surface area contributed by atoms with E-state index < -0.39 is 0 Å². The van der Waals surface area contributed by atoms with Crippen molar-refractivity contribution < 1.29 is 4.74 Å². The van der Waals surface area contributed by atoms with E-state index in [1.165, 1.54) is 25.7 Å². The quantitative estimate of drug-likeness (QED) is 0.602. The molecule has 1 aliphatic heterocycles. The van der Waals surface area contributed by atoms with Crippen LogP contribution in [0.3, 0.4) is 0 Å². The molecule has 0 aromatic heterocycles. The van der Waals surface area contributed by atoms with Gasteiger partial charge in [-0.15, -0.1) is 6.58 Å². The second-order valence-electron chi connectivity index (χ2n) is 4.26. The van der Waals surface area contributed by atoms with E-state index >= 15 is 0 Å². The third kappa shape index (κ3) is 1.94. The molecule has 1 spiro atoms. The Labute approximate surface area is 80.6 Å². The monoisotopic (exact) mass is 181 g/mol. The molecule has 0 aromatic rings. The summed E-state index contributed by atoms with van der Waals surface area (Å²) in [5, 5.41) is 0. The molecule has 1 aliphatic carbocycles. The summed E-state index contributed by atoms with van der Waals surface area (Å²) < 4.78 is 5.93. The van der Waals surface area contributed by atoms with Crippen molar-refractivity contribution in [2.75, 3.05) is 26.2 Å². The lowest BCUT2D eigenvalue weighted by Crippen LogP contribution is -2.50. The van der Waals surface area contributed by atoms with Crippen molar-refractivity contribution in [3.63, 3.8) is 0 Å². The molecule has 0 unspecified atom stereocenters. The van der Waals surface area contributed by atoms with E-state index in [-0.39, 0.29) is 5.60 Å². The highest BCUT2D eigenvalue weighted by atomic mass is 16.5. The van der Waals surface area contributed by atoms with Crippen molar-refractivity contribution in [1.29, 1.82) is 0 Å². The summed E-state index contributed by atoms with van der Waals surface area (Å²) in [7, 11) is 0. The standard InChI is InChI=1S/C11H19NO/c1-2-7-12-8-9-13-11(10-12)5-3-4-6-11/h2H,1,3-10H2. The molecule has 74 valence electrons. The van der Waals surface area contributed by atoms with Crippen LogP contribution in [0.2, 0.25) is 0 Å². The maximum absolute atomic E-state index is 5.93. The van der Waals surface area contributed by atoms with Crippen LogP contribution in [-0.2, 0) is 4.74 Å². The molecule has 2 aliphatic rings. The van der Waals surface area contributed by atoms with Gasteiger partial charge in [-0.25, -0.2) is 0 Å². The van der Waals surface area contributed by atoms with Crippen LogP contribution in [0.15, 0.2) is 12.7 Å². The van der Waals surface area contributed by atoms with Gasteiger partial charge in [0, 0.05) is 19.6 Å². The van der Waals surface area contributed by atoms with Crippen LogP contribution < -0.4 is 0 Å². The Bertz CT molecular complexity index is 185. The molecule has 2 heteroatoms. The molecule has 0 amide bonds. The summed E-state index contributed by atoms with van der Waals surface area (Å²) >= 11 is 0. The molecule has 0 atom stereocenters. The van der Waals surface area contributed by atoms with Gasteiger partial charge in [-0.05, 0) is 12.8 Å². The number of ether oxygens (including phenoxy) is 1. The fourth-order valence-corrected chi connectivity index (χ4v) is 2.58. The second-order valence-corrected chi connectivity index (χ2v) is 4.26. The Balaban J connectivity index is 1.94. The van der Waals surface area contributed by atoms with Gasteiger partial charge in [0.05, 0.1) is 12.2 Å². The first-order chi connectivity index (χ1) is 6.35. The van der Waals surface area contributed by atoms with Crippen LogP contribution in [0.4, 0.5) is 0 Å². The molecule has 0 aromatic carbocycles. The Kier molecular flexibility index (Phi) is 2.70. The molecular weight excluding hydrogens is 162 g/mol. The lowest BCUT2D eigenvalue weighted by Gasteiger charge is -2.40.